The van der Waals surface area contributed by atoms with Crippen LogP contribution in [0.2, 0.25) is 0 Å². The highest BCUT2D eigenvalue weighted by Gasteiger charge is 2.78. The molecule has 2 saturated heterocycles. The zero-order chi connectivity index (χ0) is 47.4. The fourth-order valence-corrected chi connectivity index (χ4v) is 15.9. The van der Waals surface area contributed by atoms with E-state index in [4.69, 9.17) is 14.2 Å². The summed E-state index contributed by atoms with van der Waals surface area (Å²) in [5, 5.41) is 39.4. The quantitative estimate of drug-likeness (QED) is 0.0384. The minimum Gasteiger partial charge on any atom is -0.496 e. The first-order chi connectivity index (χ1) is 32.3. The van der Waals surface area contributed by atoms with Crippen molar-refractivity contribution in [2.75, 3.05) is 76.5 Å². The number of nitrogens with zero attached hydrogens (tertiary/aromatic N) is 3. The van der Waals surface area contributed by atoms with Gasteiger partial charge in [0.2, 0.25) is 0 Å². The number of nitrogens with one attached hydrogen (secondary N) is 3. The number of aromatic nitrogens is 1. The molecule has 5 aliphatic heterocycles. The number of fused-ring (bicyclic) bond motifs is 6. The SMILES string of the molecule is CCCCSSCCOC(=O)NNC(=O)[C@@]1(O)[C@H](O)[C@]2(CC)C=CCN3CC[C@@]4(c5cc([C@@]6(COC=O)C[C@@H]7CN(CCc8c6[nH]c6ccccc86)C[C@](O)(CC)C7)c(OC)cc5N(C)[C@@H]14)[C@@H]32. The van der Waals surface area contributed by atoms with E-state index in [1.807, 2.05) is 56.1 Å². The van der Waals surface area contributed by atoms with Gasteiger partial charge in [0.1, 0.15) is 25.1 Å². The molecule has 1 aromatic heterocycles. The van der Waals surface area contributed by atoms with Crippen molar-refractivity contribution in [2.24, 2.45) is 11.3 Å². The lowest BCUT2D eigenvalue weighted by Crippen LogP contribution is -2.82. The van der Waals surface area contributed by atoms with Gasteiger partial charge < -0.3 is 39.4 Å². The summed E-state index contributed by atoms with van der Waals surface area (Å²) in [6.07, 6.45) is 7.14. The van der Waals surface area contributed by atoms with Gasteiger partial charge >= 0.3 is 6.09 Å². The van der Waals surface area contributed by atoms with Crippen LogP contribution in [0.4, 0.5) is 10.5 Å². The lowest BCUT2D eigenvalue weighted by Gasteiger charge is -2.63. The third-order valence-corrected chi connectivity index (χ3v) is 19.0. The first-order valence-corrected chi connectivity index (χ1v) is 26.6. The molecular formula is C50H68N6O9S2. The van der Waals surface area contributed by atoms with Gasteiger partial charge in [0, 0.05) is 95.5 Å². The summed E-state index contributed by atoms with van der Waals surface area (Å²) in [4.78, 5) is 50.9. The fraction of sp³-hybridized carbons (Fsp3) is 0.620. The van der Waals surface area contributed by atoms with Crippen molar-refractivity contribution in [3.8, 4) is 5.75 Å². The molecule has 6 heterocycles. The van der Waals surface area contributed by atoms with Crippen LogP contribution < -0.4 is 20.5 Å². The molecule has 17 heteroatoms. The lowest BCUT2D eigenvalue weighted by atomic mass is 9.47. The van der Waals surface area contributed by atoms with E-state index in [-0.39, 0.29) is 25.2 Å². The van der Waals surface area contributed by atoms with Gasteiger partial charge in [-0.3, -0.25) is 24.8 Å². The Morgan fingerprint density at radius 1 is 1.01 bits per heavy atom. The van der Waals surface area contributed by atoms with Crippen LogP contribution in [0.5, 0.6) is 5.75 Å². The van der Waals surface area contributed by atoms with Crippen molar-refractivity contribution >= 4 is 56.7 Å². The van der Waals surface area contributed by atoms with Gasteiger partial charge in [-0.25, -0.2) is 10.2 Å². The summed E-state index contributed by atoms with van der Waals surface area (Å²) in [6.45, 7) is 10.1. The summed E-state index contributed by atoms with van der Waals surface area (Å²) in [6, 6.07) is 11.1. The van der Waals surface area contributed by atoms with Crippen LogP contribution in [-0.4, -0.2) is 150 Å². The van der Waals surface area contributed by atoms with Crippen LogP contribution in [0.1, 0.15) is 88.1 Å². The molecule has 6 aliphatic rings. The molecular weight excluding hydrogens is 893 g/mol. The highest BCUT2D eigenvalue weighted by molar-refractivity contribution is 8.76. The maximum absolute atomic E-state index is 14.9. The molecule has 2 bridgehead atoms. The number of benzene rings is 2. The van der Waals surface area contributed by atoms with Crippen molar-refractivity contribution in [3.63, 3.8) is 0 Å². The van der Waals surface area contributed by atoms with E-state index >= 15 is 0 Å². The third kappa shape index (κ3) is 7.64. The van der Waals surface area contributed by atoms with E-state index in [0.717, 1.165) is 70.7 Å². The Hall–Kier alpha value is -3.97. The number of piperidine rings is 1. The number of para-hydroxylation sites is 1. The minimum atomic E-state index is -2.46. The Morgan fingerprint density at radius 3 is 2.58 bits per heavy atom. The number of unbranched alkanes of at least 4 members (excludes halogenated alkanes) is 1. The zero-order valence-electron chi connectivity index (χ0n) is 39.5. The second kappa shape index (κ2) is 18.7. The van der Waals surface area contributed by atoms with Gasteiger partial charge in [0.25, 0.3) is 12.4 Å². The van der Waals surface area contributed by atoms with Gasteiger partial charge in [-0.05, 0) is 80.7 Å². The predicted octanol–water partition coefficient (Wildman–Crippen LogP) is 5.19. The maximum Gasteiger partial charge on any atom is 0.426 e. The first-order valence-electron chi connectivity index (χ1n) is 24.2. The number of ether oxygens (including phenoxy) is 3. The number of hydrogen-bond acceptors (Lipinski definition) is 14. The summed E-state index contributed by atoms with van der Waals surface area (Å²) in [5.41, 5.74) is 3.92. The molecule has 2 amide bonds. The number of methoxy groups -OCH3 is 1. The molecule has 1 aliphatic carbocycles. The van der Waals surface area contributed by atoms with Crippen LogP contribution in [0.15, 0.2) is 48.6 Å². The monoisotopic (exact) mass is 960 g/mol. The molecule has 10 atom stereocenters. The van der Waals surface area contributed by atoms with Crippen molar-refractivity contribution in [3.05, 3.63) is 70.9 Å². The number of carbonyl (C=O) groups excluding carboxylic acids is 3. The molecule has 67 heavy (non-hydrogen) atoms. The highest BCUT2D eigenvalue weighted by Crippen LogP contribution is 2.67. The van der Waals surface area contributed by atoms with E-state index in [2.05, 4.69) is 50.8 Å². The fourth-order valence-electron chi connectivity index (χ4n) is 13.8. The van der Waals surface area contributed by atoms with Crippen LogP contribution in [0.3, 0.4) is 0 Å². The van der Waals surface area contributed by atoms with Crippen molar-refractivity contribution in [2.45, 2.75) is 112 Å². The molecule has 15 nitrogen and oxygen atoms in total. The van der Waals surface area contributed by atoms with Crippen molar-refractivity contribution in [1.29, 1.82) is 0 Å². The van der Waals surface area contributed by atoms with Crippen molar-refractivity contribution < 1.29 is 43.9 Å². The second-order valence-electron chi connectivity index (χ2n) is 19.9. The molecule has 9 rings (SSSR count). The number of amides is 2. The Labute approximate surface area is 401 Å². The smallest absolute Gasteiger partial charge is 0.426 e. The predicted molar refractivity (Wildman–Crippen MR) is 261 cm³/mol. The number of aliphatic hydroxyl groups excluding tert-OH is 1. The first kappa shape index (κ1) is 48.1. The number of aromatic amines is 1. The van der Waals surface area contributed by atoms with E-state index in [9.17, 15) is 29.7 Å². The van der Waals surface area contributed by atoms with Crippen LogP contribution >= 0.6 is 21.6 Å². The third-order valence-electron chi connectivity index (χ3n) is 16.6. The highest BCUT2D eigenvalue weighted by atomic mass is 33.1. The molecule has 6 N–H and O–H groups in total. The van der Waals surface area contributed by atoms with E-state index in [1.165, 1.54) is 0 Å². The number of hydrogen-bond donors (Lipinski definition) is 6. The average Bonchev–Trinajstić information content (AvgIpc) is 4.00. The summed E-state index contributed by atoms with van der Waals surface area (Å²) >= 11 is 0. The summed E-state index contributed by atoms with van der Waals surface area (Å²) in [7, 11) is 6.82. The molecule has 1 saturated carbocycles. The molecule has 1 spiro atoms. The van der Waals surface area contributed by atoms with Crippen LogP contribution in [-0.2, 0) is 36.3 Å². The Balaban J connectivity index is 1.19. The average molecular weight is 961 g/mol. The topological polar surface area (TPSA) is 189 Å². The largest absolute Gasteiger partial charge is 0.496 e. The Bertz CT molecular complexity index is 2390. The molecule has 0 radical (unpaired) electrons. The van der Waals surface area contributed by atoms with E-state index in [0.29, 0.717) is 76.1 Å². The number of H-pyrrole nitrogens is 1. The molecule has 364 valence electrons. The standard InChI is InChI=1S/C50H68N6O9S2/c1-6-9-22-66-67-23-21-65-45(60)53-52-44(59)50(62)42-49(17-20-56-18-12-16-47(8-3,41(49)56)43(50)58)35-24-36(39(63-5)25-38(35)54(42)4)48(30-64-31-57)27-32-26-46(61,7-2)29-55(28-32)19-15-34-33-13-10-11-14-37(33)51-40(34)48/h10-14,16,24-25,31-32,41-43,51,58,61-62H,6-9,15,17-23,26-30H2,1-5H3,(H,52,59)(H,53,60)/t32-,41+,42-,43-,46+,47-,48+,49-,50+/m1/s1. The van der Waals surface area contributed by atoms with Gasteiger partial charge in [-0.2, -0.15) is 0 Å². The van der Waals surface area contributed by atoms with Crippen LogP contribution in [0, 0.1) is 11.3 Å². The Morgan fingerprint density at radius 2 is 1.82 bits per heavy atom. The number of carbonyl (C=O) groups is 3. The molecule has 1 unspecified atom stereocenters. The molecule has 3 aromatic rings. The van der Waals surface area contributed by atoms with Gasteiger partial charge in [-0.15, -0.1) is 0 Å². The number of anilines is 1. The maximum atomic E-state index is 14.9. The molecule has 2 aromatic carbocycles. The zero-order valence-corrected chi connectivity index (χ0v) is 41.1. The van der Waals surface area contributed by atoms with Gasteiger partial charge in [-0.1, -0.05) is 79.1 Å². The minimum absolute atomic E-state index is 0.00250. The van der Waals surface area contributed by atoms with E-state index in [1.54, 1.807) is 28.7 Å². The van der Waals surface area contributed by atoms with Crippen LogP contribution in [0.25, 0.3) is 10.9 Å². The lowest BCUT2D eigenvalue weighted by molar-refractivity contribution is -0.204. The Kier molecular flexibility index (Phi) is 13.4. The summed E-state index contributed by atoms with van der Waals surface area (Å²) < 4.78 is 17.8. The van der Waals surface area contributed by atoms with Gasteiger partial charge in [0.05, 0.1) is 24.2 Å². The molecule has 3 fully saturated rings. The number of rotatable bonds is 15. The summed E-state index contributed by atoms with van der Waals surface area (Å²) in [5.74, 6) is 1.18. The normalized spacial score (nSPS) is 33.9. The van der Waals surface area contributed by atoms with Gasteiger partial charge in [0.15, 0.2) is 5.60 Å². The number of likely N-dealkylation sites (N-methyl/N-ethyl adjacent to an activating group) is 1. The second-order valence-corrected chi connectivity index (χ2v) is 22.6. The van der Waals surface area contributed by atoms with Crippen molar-refractivity contribution in [1.82, 2.24) is 25.6 Å². The number of aliphatic hydroxyl groups is 3. The number of hydrazine groups is 1. The van der Waals surface area contributed by atoms with E-state index < -0.39 is 51.6 Å².